The summed E-state index contributed by atoms with van der Waals surface area (Å²) in [6.45, 7) is 0.534. The van der Waals surface area contributed by atoms with E-state index < -0.39 is 0 Å². The van der Waals surface area contributed by atoms with Crippen molar-refractivity contribution in [3.05, 3.63) is 44.1 Å². The molecule has 0 unspecified atom stereocenters. The van der Waals surface area contributed by atoms with Crippen LogP contribution >= 0.6 is 22.9 Å². The van der Waals surface area contributed by atoms with Crippen molar-refractivity contribution in [1.29, 1.82) is 0 Å². The number of aromatic amines is 1. The first-order chi connectivity index (χ1) is 7.24. The lowest BCUT2D eigenvalue weighted by Gasteiger charge is -2.03. The fourth-order valence-electron chi connectivity index (χ4n) is 1.09. The van der Waals surface area contributed by atoms with Gasteiger partial charge in [-0.25, -0.2) is 4.98 Å². The van der Waals surface area contributed by atoms with Crippen molar-refractivity contribution < 1.29 is 0 Å². The van der Waals surface area contributed by atoms with Gasteiger partial charge in [-0.1, -0.05) is 29.0 Å². The predicted octanol–water partition coefficient (Wildman–Crippen LogP) is 2.10. The summed E-state index contributed by atoms with van der Waals surface area (Å²) in [5, 5.41) is 5.28. The van der Waals surface area contributed by atoms with E-state index in [2.05, 4.69) is 15.3 Å². The van der Waals surface area contributed by atoms with Gasteiger partial charge in [0.05, 0.1) is 6.54 Å². The number of nitrogens with one attached hydrogen (secondary N) is 2. The summed E-state index contributed by atoms with van der Waals surface area (Å²) < 4.78 is 0. The molecule has 0 fully saturated rings. The number of pyridine rings is 1. The molecule has 0 aliphatic rings. The molecule has 0 aliphatic carbocycles. The number of anilines is 1. The number of halogens is 1. The molecule has 0 spiro atoms. The van der Waals surface area contributed by atoms with E-state index in [1.807, 2.05) is 12.1 Å². The zero-order valence-electron chi connectivity index (χ0n) is 7.66. The molecule has 15 heavy (non-hydrogen) atoms. The Morgan fingerprint density at radius 3 is 3.07 bits per heavy atom. The number of nitrogens with zero attached hydrogens (tertiary/aromatic N) is 1. The Kier molecular flexibility index (Phi) is 3.03. The van der Waals surface area contributed by atoms with Crippen molar-refractivity contribution >= 4 is 28.8 Å². The Hall–Kier alpha value is -1.33. The molecule has 2 heterocycles. The highest BCUT2D eigenvalue weighted by molar-refractivity contribution is 7.07. The highest BCUT2D eigenvalue weighted by Gasteiger charge is 1.98. The molecule has 2 rings (SSSR count). The second-order valence-corrected chi connectivity index (χ2v) is 4.10. The molecule has 0 saturated heterocycles. The monoisotopic (exact) mass is 241 g/mol. The van der Waals surface area contributed by atoms with E-state index in [0.717, 1.165) is 17.0 Å². The molecule has 0 bridgehead atoms. The minimum atomic E-state index is -0.0501. The van der Waals surface area contributed by atoms with E-state index >= 15 is 0 Å². The molecule has 0 amide bonds. The largest absolute Gasteiger partial charge is 0.364 e. The molecule has 0 atom stereocenters. The van der Waals surface area contributed by atoms with Crippen LogP contribution < -0.4 is 10.2 Å². The smallest absolute Gasteiger partial charge is 0.304 e. The number of rotatable bonds is 3. The number of hydrogen-bond donors (Lipinski definition) is 2. The van der Waals surface area contributed by atoms with Gasteiger partial charge in [-0.05, 0) is 12.1 Å². The van der Waals surface area contributed by atoms with Crippen molar-refractivity contribution in [2.45, 2.75) is 6.54 Å². The predicted molar refractivity (Wildman–Crippen MR) is 61.5 cm³/mol. The molecule has 2 aromatic heterocycles. The summed E-state index contributed by atoms with van der Waals surface area (Å²) in [4.78, 5) is 17.6. The summed E-state index contributed by atoms with van der Waals surface area (Å²) in [7, 11) is 0. The quantitative estimate of drug-likeness (QED) is 0.809. The number of aromatic nitrogens is 2. The Labute approximate surface area is 94.9 Å². The van der Waals surface area contributed by atoms with Gasteiger partial charge < -0.3 is 10.3 Å². The lowest BCUT2D eigenvalue weighted by Crippen LogP contribution is -2.03. The molecule has 0 radical (unpaired) electrons. The van der Waals surface area contributed by atoms with Crippen molar-refractivity contribution in [2.75, 3.05) is 5.32 Å². The molecule has 0 aliphatic heterocycles. The van der Waals surface area contributed by atoms with Gasteiger partial charge in [0.2, 0.25) is 0 Å². The van der Waals surface area contributed by atoms with Crippen LogP contribution in [0.1, 0.15) is 5.69 Å². The number of hydrogen-bond acceptors (Lipinski definition) is 4. The fraction of sp³-hybridized carbons (Fsp3) is 0.111. The van der Waals surface area contributed by atoms with Crippen molar-refractivity contribution in [2.24, 2.45) is 0 Å². The topological polar surface area (TPSA) is 57.8 Å². The third-order valence-corrected chi connectivity index (χ3v) is 2.67. The maximum absolute atomic E-state index is 10.9. The lowest BCUT2D eigenvalue weighted by atomic mass is 10.4. The SMILES string of the molecule is O=c1[nH]c(CNc2cccc(Cl)n2)cs1. The average molecular weight is 242 g/mol. The van der Waals surface area contributed by atoms with Crippen LogP contribution in [0.25, 0.3) is 0 Å². The van der Waals surface area contributed by atoms with Crippen LogP contribution in [0, 0.1) is 0 Å². The van der Waals surface area contributed by atoms with Gasteiger partial charge in [-0.2, -0.15) is 0 Å². The second kappa shape index (κ2) is 4.46. The molecular formula is C9H8ClN3OS. The minimum absolute atomic E-state index is 0.0501. The van der Waals surface area contributed by atoms with E-state index in [1.54, 1.807) is 11.4 Å². The third kappa shape index (κ3) is 2.81. The first kappa shape index (κ1) is 10.2. The molecule has 4 nitrogen and oxygen atoms in total. The molecule has 2 aromatic rings. The highest BCUT2D eigenvalue weighted by Crippen LogP contribution is 2.10. The van der Waals surface area contributed by atoms with Gasteiger partial charge in [0, 0.05) is 11.1 Å². The van der Waals surface area contributed by atoms with Crippen LogP contribution in [0.4, 0.5) is 5.82 Å². The lowest BCUT2D eigenvalue weighted by molar-refractivity contribution is 1.04. The van der Waals surface area contributed by atoms with Crippen LogP contribution in [0.3, 0.4) is 0 Å². The number of H-pyrrole nitrogens is 1. The summed E-state index contributed by atoms with van der Waals surface area (Å²) in [6, 6.07) is 5.34. The van der Waals surface area contributed by atoms with Gasteiger partial charge in [0.15, 0.2) is 0 Å². The molecule has 78 valence electrons. The summed E-state index contributed by atoms with van der Waals surface area (Å²) >= 11 is 6.87. The average Bonchev–Trinajstić information content (AvgIpc) is 2.62. The van der Waals surface area contributed by atoms with E-state index in [-0.39, 0.29) is 4.87 Å². The molecule has 6 heteroatoms. The molecule has 2 N–H and O–H groups in total. The third-order valence-electron chi connectivity index (χ3n) is 1.75. The van der Waals surface area contributed by atoms with E-state index in [9.17, 15) is 4.79 Å². The van der Waals surface area contributed by atoms with Crippen molar-refractivity contribution in [1.82, 2.24) is 9.97 Å². The maximum atomic E-state index is 10.9. The van der Waals surface area contributed by atoms with Gasteiger partial charge >= 0.3 is 4.87 Å². The van der Waals surface area contributed by atoms with Crippen LogP contribution in [0.15, 0.2) is 28.4 Å². The minimum Gasteiger partial charge on any atom is -0.364 e. The Morgan fingerprint density at radius 2 is 2.40 bits per heavy atom. The van der Waals surface area contributed by atoms with Crippen LogP contribution in [0.5, 0.6) is 0 Å². The molecular weight excluding hydrogens is 234 g/mol. The van der Waals surface area contributed by atoms with Gasteiger partial charge in [-0.3, -0.25) is 4.79 Å². The zero-order valence-corrected chi connectivity index (χ0v) is 9.23. The van der Waals surface area contributed by atoms with Gasteiger partial charge in [0.1, 0.15) is 11.0 Å². The second-order valence-electron chi connectivity index (χ2n) is 2.87. The number of thiazole rings is 1. The zero-order chi connectivity index (χ0) is 10.7. The van der Waals surface area contributed by atoms with Gasteiger partial charge in [0.25, 0.3) is 0 Å². The highest BCUT2D eigenvalue weighted by atomic mass is 35.5. The Morgan fingerprint density at radius 1 is 1.53 bits per heavy atom. The van der Waals surface area contributed by atoms with E-state index in [1.165, 1.54) is 0 Å². The Bertz CT molecular complexity index is 508. The first-order valence-electron chi connectivity index (χ1n) is 4.27. The first-order valence-corrected chi connectivity index (χ1v) is 5.53. The Balaban J connectivity index is 2.02. The van der Waals surface area contributed by atoms with E-state index in [4.69, 9.17) is 11.6 Å². The molecule has 0 aromatic carbocycles. The van der Waals surface area contributed by atoms with E-state index in [0.29, 0.717) is 17.5 Å². The standard InChI is InChI=1S/C9H8ClN3OS/c10-7-2-1-3-8(13-7)11-4-6-5-15-9(14)12-6/h1-3,5H,4H2,(H,11,13)(H,12,14). The normalized spacial score (nSPS) is 10.2. The van der Waals surface area contributed by atoms with Gasteiger partial charge in [-0.15, -0.1) is 0 Å². The summed E-state index contributed by atoms with van der Waals surface area (Å²) in [6.07, 6.45) is 0. The van der Waals surface area contributed by atoms with Crippen molar-refractivity contribution in [3.8, 4) is 0 Å². The van der Waals surface area contributed by atoms with Crippen LogP contribution in [-0.2, 0) is 6.54 Å². The fourth-order valence-corrected chi connectivity index (χ4v) is 1.84. The maximum Gasteiger partial charge on any atom is 0.304 e. The summed E-state index contributed by atoms with van der Waals surface area (Å²) in [5.41, 5.74) is 0.840. The van der Waals surface area contributed by atoms with Crippen LogP contribution in [0.2, 0.25) is 5.15 Å². The summed E-state index contributed by atoms with van der Waals surface area (Å²) in [5.74, 6) is 0.689. The van der Waals surface area contributed by atoms with Crippen LogP contribution in [-0.4, -0.2) is 9.97 Å². The van der Waals surface area contributed by atoms with Crippen molar-refractivity contribution in [3.63, 3.8) is 0 Å². The molecule has 0 saturated carbocycles.